The average Bonchev–Trinajstić information content (AvgIpc) is 2.79. The van der Waals surface area contributed by atoms with Crippen LogP contribution in [0.2, 0.25) is 0 Å². The average molecular weight is 422 g/mol. The highest BCUT2D eigenvalue weighted by atomic mass is 16.5. The summed E-state index contributed by atoms with van der Waals surface area (Å²) in [6, 6.07) is 15.2. The molecular formula is C24H26N2O5. The second-order valence-corrected chi connectivity index (χ2v) is 7.51. The summed E-state index contributed by atoms with van der Waals surface area (Å²) in [7, 11) is 2.84. The van der Waals surface area contributed by atoms with Crippen LogP contribution in [0.15, 0.2) is 60.8 Å². The van der Waals surface area contributed by atoms with Crippen molar-refractivity contribution < 1.29 is 23.9 Å². The third-order valence-electron chi connectivity index (χ3n) is 5.16. The molecule has 0 aromatic heterocycles. The number of hydrogen-bond acceptors (Lipinski definition) is 5. The van der Waals surface area contributed by atoms with Crippen LogP contribution in [0.5, 0.6) is 5.75 Å². The minimum absolute atomic E-state index is 0.177. The molecule has 1 aliphatic heterocycles. The SMILES string of the molecule is COC(=O)CN1C(=O)C(C(C)C)N(C(=O)c2ccc(OC)cc2)C=C1c1ccccc1. The fourth-order valence-corrected chi connectivity index (χ4v) is 3.55. The van der Waals surface area contributed by atoms with Gasteiger partial charge in [0.2, 0.25) is 0 Å². The Bertz CT molecular complexity index is 983. The topological polar surface area (TPSA) is 76.2 Å². The van der Waals surface area contributed by atoms with E-state index in [9.17, 15) is 14.4 Å². The van der Waals surface area contributed by atoms with E-state index in [1.54, 1.807) is 37.6 Å². The van der Waals surface area contributed by atoms with Gasteiger partial charge in [-0.25, -0.2) is 0 Å². The van der Waals surface area contributed by atoms with E-state index in [0.29, 0.717) is 17.0 Å². The number of rotatable bonds is 6. The zero-order valence-electron chi connectivity index (χ0n) is 18.1. The lowest BCUT2D eigenvalue weighted by Gasteiger charge is -2.40. The Morgan fingerprint density at radius 1 is 1.00 bits per heavy atom. The Hall–Kier alpha value is -3.61. The van der Waals surface area contributed by atoms with Crippen molar-refractivity contribution in [3.05, 3.63) is 71.9 Å². The molecule has 1 unspecified atom stereocenters. The fourth-order valence-electron chi connectivity index (χ4n) is 3.55. The van der Waals surface area contributed by atoms with Gasteiger partial charge in [0.1, 0.15) is 18.3 Å². The lowest BCUT2D eigenvalue weighted by Crippen LogP contribution is -2.55. The van der Waals surface area contributed by atoms with E-state index in [-0.39, 0.29) is 24.3 Å². The van der Waals surface area contributed by atoms with Crippen LogP contribution < -0.4 is 4.74 Å². The predicted octanol–water partition coefficient (Wildman–Crippen LogP) is 3.18. The standard InChI is InChI=1S/C24H26N2O5/c1-16(2)22-24(29)25(15-21(27)31-4)20(17-8-6-5-7-9-17)14-26(22)23(28)18-10-12-19(30-3)13-11-18/h5-14,16,22H,15H2,1-4H3. The zero-order valence-corrected chi connectivity index (χ0v) is 18.1. The van der Waals surface area contributed by atoms with Crippen molar-refractivity contribution in [2.45, 2.75) is 19.9 Å². The van der Waals surface area contributed by atoms with Gasteiger partial charge in [-0.05, 0) is 35.7 Å². The van der Waals surface area contributed by atoms with Crippen molar-refractivity contribution >= 4 is 23.5 Å². The molecule has 0 saturated carbocycles. The normalized spacial score (nSPS) is 16.2. The Kier molecular flexibility index (Phi) is 6.74. The summed E-state index contributed by atoms with van der Waals surface area (Å²) >= 11 is 0. The van der Waals surface area contributed by atoms with Gasteiger partial charge in [0.15, 0.2) is 0 Å². The van der Waals surface area contributed by atoms with Crippen LogP contribution in [0.4, 0.5) is 0 Å². The van der Waals surface area contributed by atoms with Crippen LogP contribution in [0.1, 0.15) is 29.8 Å². The maximum absolute atomic E-state index is 13.5. The number of carbonyl (C=O) groups is 3. The highest BCUT2D eigenvalue weighted by Crippen LogP contribution is 2.31. The molecule has 0 saturated heterocycles. The largest absolute Gasteiger partial charge is 0.497 e. The fraction of sp³-hybridized carbons (Fsp3) is 0.292. The molecule has 1 aliphatic rings. The van der Waals surface area contributed by atoms with Gasteiger partial charge in [0, 0.05) is 11.8 Å². The molecule has 162 valence electrons. The van der Waals surface area contributed by atoms with E-state index in [1.165, 1.54) is 16.9 Å². The minimum atomic E-state index is -0.758. The molecule has 0 radical (unpaired) electrons. The Morgan fingerprint density at radius 3 is 2.19 bits per heavy atom. The summed E-state index contributed by atoms with van der Waals surface area (Å²) in [4.78, 5) is 41.8. The molecule has 0 aliphatic carbocycles. The van der Waals surface area contributed by atoms with Gasteiger partial charge in [-0.1, -0.05) is 44.2 Å². The summed E-state index contributed by atoms with van der Waals surface area (Å²) in [6.07, 6.45) is 1.65. The van der Waals surface area contributed by atoms with Crippen LogP contribution in [0.3, 0.4) is 0 Å². The molecule has 7 heteroatoms. The molecule has 0 N–H and O–H groups in total. The number of benzene rings is 2. The van der Waals surface area contributed by atoms with Crippen molar-refractivity contribution in [1.29, 1.82) is 0 Å². The second kappa shape index (κ2) is 9.47. The molecular weight excluding hydrogens is 396 g/mol. The second-order valence-electron chi connectivity index (χ2n) is 7.51. The van der Waals surface area contributed by atoms with Crippen molar-refractivity contribution in [3.63, 3.8) is 0 Å². The summed E-state index contributed by atoms with van der Waals surface area (Å²) in [5, 5.41) is 0. The summed E-state index contributed by atoms with van der Waals surface area (Å²) in [6.45, 7) is 3.51. The number of methoxy groups -OCH3 is 2. The smallest absolute Gasteiger partial charge is 0.325 e. The highest BCUT2D eigenvalue weighted by molar-refractivity contribution is 6.03. The monoisotopic (exact) mass is 422 g/mol. The van der Waals surface area contributed by atoms with E-state index >= 15 is 0 Å². The van der Waals surface area contributed by atoms with Gasteiger partial charge >= 0.3 is 5.97 Å². The minimum Gasteiger partial charge on any atom is -0.497 e. The number of nitrogens with zero attached hydrogens (tertiary/aromatic N) is 2. The maximum atomic E-state index is 13.5. The first kappa shape index (κ1) is 22.1. The van der Waals surface area contributed by atoms with Crippen molar-refractivity contribution in [1.82, 2.24) is 9.80 Å². The van der Waals surface area contributed by atoms with Crippen LogP contribution in [0, 0.1) is 5.92 Å². The molecule has 3 rings (SSSR count). The Labute approximate surface area is 181 Å². The van der Waals surface area contributed by atoms with Gasteiger partial charge in [0.05, 0.1) is 19.9 Å². The van der Waals surface area contributed by atoms with Crippen molar-refractivity contribution in [2.75, 3.05) is 20.8 Å². The third-order valence-corrected chi connectivity index (χ3v) is 5.16. The van der Waals surface area contributed by atoms with Crippen molar-refractivity contribution in [3.8, 4) is 5.75 Å². The van der Waals surface area contributed by atoms with Gasteiger partial charge < -0.3 is 14.4 Å². The van der Waals surface area contributed by atoms with E-state index in [0.717, 1.165) is 5.56 Å². The Balaban J connectivity index is 2.10. The van der Waals surface area contributed by atoms with E-state index in [1.807, 2.05) is 44.2 Å². The zero-order chi connectivity index (χ0) is 22.5. The quantitative estimate of drug-likeness (QED) is 0.669. The first-order valence-corrected chi connectivity index (χ1v) is 9.99. The van der Waals surface area contributed by atoms with E-state index in [4.69, 9.17) is 9.47 Å². The van der Waals surface area contributed by atoms with E-state index < -0.39 is 12.0 Å². The van der Waals surface area contributed by atoms with E-state index in [2.05, 4.69) is 0 Å². The maximum Gasteiger partial charge on any atom is 0.325 e. The molecule has 2 aromatic carbocycles. The number of hydrogen-bond donors (Lipinski definition) is 0. The van der Waals surface area contributed by atoms with Crippen LogP contribution in [-0.2, 0) is 14.3 Å². The van der Waals surface area contributed by atoms with Gasteiger partial charge in [-0.3, -0.25) is 19.3 Å². The number of ether oxygens (including phenoxy) is 2. The molecule has 1 heterocycles. The molecule has 0 fully saturated rings. The molecule has 31 heavy (non-hydrogen) atoms. The van der Waals surface area contributed by atoms with Gasteiger partial charge in [0.25, 0.3) is 11.8 Å². The van der Waals surface area contributed by atoms with Gasteiger partial charge in [-0.2, -0.15) is 0 Å². The summed E-state index contributed by atoms with van der Waals surface area (Å²) in [5.41, 5.74) is 1.62. The first-order chi connectivity index (χ1) is 14.9. The summed E-state index contributed by atoms with van der Waals surface area (Å²) in [5.74, 6) is -0.711. The number of esters is 1. The Morgan fingerprint density at radius 2 is 1.65 bits per heavy atom. The molecule has 2 aromatic rings. The molecule has 1 atom stereocenters. The van der Waals surface area contributed by atoms with Crippen molar-refractivity contribution in [2.24, 2.45) is 5.92 Å². The molecule has 0 spiro atoms. The summed E-state index contributed by atoms with van der Waals surface area (Å²) < 4.78 is 9.96. The van der Waals surface area contributed by atoms with Crippen LogP contribution >= 0.6 is 0 Å². The van der Waals surface area contributed by atoms with Gasteiger partial charge in [-0.15, -0.1) is 0 Å². The predicted molar refractivity (Wildman–Crippen MR) is 116 cm³/mol. The highest BCUT2D eigenvalue weighted by Gasteiger charge is 2.41. The first-order valence-electron chi connectivity index (χ1n) is 9.99. The lowest BCUT2D eigenvalue weighted by molar-refractivity contribution is -0.147. The molecule has 2 amide bonds. The number of amides is 2. The van der Waals surface area contributed by atoms with Crippen LogP contribution in [-0.4, -0.2) is 54.4 Å². The molecule has 0 bridgehead atoms. The molecule has 7 nitrogen and oxygen atoms in total. The number of carbonyl (C=O) groups excluding carboxylic acids is 3. The third kappa shape index (κ3) is 4.60. The lowest BCUT2D eigenvalue weighted by atomic mass is 9.96. The van der Waals surface area contributed by atoms with Crippen LogP contribution in [0.25, 0.3) is 5.70 Å².